The van der Waals surface area contributed by atoms with Crippen molar-refractivity contribution in [3.05, 3.63) is 175 Å². The van der Waals surface area contributed by atoms with Crippen molar-refractivity contribution in [1.29, 1.82) is 0 Å². The van der Waals surface area contributed by atoms with E-state index in [1.54, 1.807) is 0 Å². The van der Waals surface area contributed by atoms with Crippen LogP contribution in [0.1, 0.15) is 22.7 Å². The van der Waals surface area contributed by atoms with E-state index in [-0.39, 0.29) is 0 Å². The molecular weight excluding hydrogens is 562 g/mol. The maximum Gasteiger partial charge on any atom is 0.165 e. The van der Waals surface area contributed by atoms with Crippen LogP contribution in [-0.4, -0.2) is 15.0 Å². The van der Waals surface area contributed by atoms with E-state index in [1.165, 1.54) is 21.5 Å². The molecule has 0 spiro atoms. The Hall–Kier alpha value is -6.13. The molecule has 4 nitrogen and oxygen atoms in total. The van der Waals surface area contributed by atoms with Crippen molar-refractivity contribution in [2.75, 3.05) is 0 Å². The monoisotopic (exact) mass is 591 g/mol. The van der Waals surface area contributed by atoms with Gasteiger partial charge in [-0.25, -0.2) is 15.0 Å². The van der Waals surface area contributed by atoms with E-state index in [2.05, 4.69) is 67.2 Å². The van der Waals surface area contributed by atoms with Gasteiger partial charge < -0.3 is 4.42 Å². The Kier molecular flexibility index (Phi) is 6.81. The first kappa shape index (κ1) is 27.4. The second-order valence-electron chi connectivity index (χ2n) is 11.3. The van der Waals surface area contributed by atoms with Crippen LogP contribution in [0.25, 0.3) is 66.4 Å². The van der Waals surface area contributed by atoms with Crippen molar-refractivity contribution in [3.8, 4) is 22.8 Å². The fourth-order valence-electron chi connectivity index (χ4n) is 6.30. The van der Waals surface area contributed by atoms with Gasteiger partial charge in [0.15, 0.2) is 17.5 Å². The van der Waals surface area contributed by atoms with Gasteiger partial charge in [0, 0.05) is 27.6 Å². The fourth-order valence-corrected chi connectivity index (χ4v) is 6.30. The summed E-state index contributed by atoms with van der Waals surface area (Å²) in [4.78, 5) is 15.3. The van der Waals surface area contributed by atoms with Gasteiger partial charge in [0.1, 0.15) is 11.3 Å². The maximum absolute atomic E-state index is 6.35. The third-order valence-electron chi connectivity index (χ3n) is 8.48. The Morgan fingerprint density at radius 2 is 1.15 bits per heavy atom. The predicted octanol–water partition coefficient (Wildman–Crippen LogP) is 10.7. The second-order valence-corrected chi connectivity index (χ2v) is 11.3. The lowest BCUT2D eigenvalue weighted by Crippen LogP contribution is -2.05. The minimum absolute atomic E-state index is 0.551. The van der Waals surface area contributed by atoms with Crippen LogP contribution >= 0.6 is 0 Å². The summed E-state index contributed by atoms with van der Waals surface area (Å²) >= 11 is 0. The predicted molar refractivity (Wildman–Crippen MR) is 189 cm³/mol. The highest BCUT2D eigenvalue weighted by atomic mass is 16.3. The molecule has 0 fully saturated rings. The Morgan fingerprint density at radius 3 is 1.83 bits per heavy atom. The molecule has 0 bridgehead atoms. The van der Waals surface area contributed by atoms with Crippen LogP contribution in [-0.2, 0) is 0 Å². The number of furan rings is 1. The normalized spacial score (nSPS) is 12.0. The standard InChI is InChI=1S/C42H29N3O/c1-3-33(32-25-24-29-23-22-28-14-10-11-19-34(28)36(29)26-32)39(38-27(2)46-37-21-13-12-20-35(37)38)42-44-40(30-15-6-4-7-16-30)43-41(45-42)31-17-8-5-9-18-31/h3-26H,1H2,2H3/b39-33-. The van der Waals surface area contributed by atoms with Crippen LogP contribution in [0.5, 0.6) is 0 Å². The SMILES string of the molecule is C=C/C(=C(/c1nc(-c2ccccc2)nc(-c2ccccc2)n1)c1c(C)oc2ccccc12)c1ccc2ccc3ccccc3c2c1. The first-order valence-electron chi connectivity index (χ1n) is 15.3. The zero-order valence-electron chi connectivity index (χ0n) is 25.3. The van der Waals surface area contributed by atoms with Crippen LogP contribution in [0, 0.1) is 6.92 Å². The number of allylic oxidation sites excluding steroid dienone is 2. The summed E-state index contributed by atoms with van der Waals surface area (Å²) in [6.45, 7) is 6.35. The summed E-state index contributed by atoms with van der Waals surface area (Å²) < 4.78 is 6.35. The molecule has 0 aliphatic heterocycles. The molecule has 0 unspecified atom stereocenters. The smallest absolute Gasteiger partial charge is 0.165 e. The second kappa shape index (κ2) is 11.4. The fraction of sp³-hybridized carbons (Fsp3) is 0.0238. The largest absolute Gasteiger partial charge is 0.461 e. The van der Waals surface area contributed by atoms with Gasteiger partial charge in [0.05, 0.1) is 0 Å². The zero-order chi connectivity index (χ0) is 31.0. The van der Waals surface area contributed by atoms with E-state index < -0.39 is 0 Å². The molecule has 0 aliphatic carbocycles. The number of nitrogens with zero attached hydrogens (tertiary/aromatic N) is 3. The molecule has 2 heterocycles. The molecule has 8 rings (SSSR count). The molecule has 2 aromatic heterocycles. The van der Waals surface area contributed by atoms with Crippen molar-refractivity contribution in [1.82, 2.24) is 15.0 Å². The third-order valence-corrected chi connectivity index (χ3v) is 8.48. The number of fused-ring (bicyclic) bond motifs is 4. The first-order valence-corrected chi connectivity index (χ1v) is 15.3. The lowest BCUT2D eigenvalue weighted by molar-refractivity contribution is 0.577. The van der Waals surface area contributed by atoms with Crippen LogP contribution in [0.4, 0.5) is 0 Å². The lowest BCUT2D eigenvalue weighted by Gasteiger charge is -2.16. The highest BCUT2D eigenvalue weighted by molar-refractivity contribution is 6.12. The van der Waals surface area contributed by atoms with E-state index in [4.69, 9.17) is 19.4 Å². The molecule has 0 aliphatic rings. The number of hydrogen-bond donors (Lipinski definition) is 0. The summed E-state index contributed by atoms with van der Waals surface area (Å²) in [6, 6.07) is 47.6. The molecule has 0 saturated heterocycles. The molecular formula is C42H29N3O. The van der Waals surface area contributed by atoms with E-state index in [0.717, 1.165) is 50.1 Å². The molecule has 6 aromatic carbocycles. The number of benzene rings is 6. The highest BCUT2D eigenvalue weighted by Gasteiger charge is 2.24. The van der Waals surface area contributed by atoms with Crippen molar-refractivity contribution in [3.63, 3.8) is 0 Å². The molecule has 4 heteroatoms. The maximum atomic E-state index is 6.35. The number of para-hydroxylation sites is 1. The summed E-state index contributed by atoms with van der Waals surface area (Å²) in [7, 11) is 0. The summed E-state index contributed by atoms with van der Waals surface area (Å²) in [5, 5.41) is 5.74. The molecule has 0 atom stereocenters. The van der Waals surface area contributed by atoms with Crippen molar-refractivity contribution < 1.29 is 4.42 Å². The first-order chi connectivity index (χ1) is 22.7. The molecule has 0 N–H and O–H groups in total. The summed E-state index contributed by atoms with van der Waals surface area (Å²) in [5.41, 5.74) is 6.33. The Balaban J connectivity index is 1.48. The molecule has 8 aromatic rings. The van der Waals surface area contributed by atoms with Crippen molar-refractivity contribution >= 4 is 43.7 Å². The average Bonchev–Trinajstić information content (AvgIpc) is 3.45. The quantitative estimate of drug-likeness (QED) is 0.143. The molecule has 0 radical (unpaired) electrons. The van der Waals surface area contributed by atoms with E-state index in [9.17, 15) is 0 Å². The van der Waals surface area contributed by atoms with E-state index >= 15 is 0 Å². The van der Waals surface area contributed by atoms with Crippen LogP contribution in [0.3, 0.4) is 0 Å². The average molecular weight is 592 g/mol. The van der Waals surface area contributed by atoms with E-state index in [1.807, 2.05) is 91.9 Å². The van der Waals surface area contributed by atoms with Gasteiger partial charge in [-0.2, -0.15) is 0 Å². The summed E-state index contributed by atoms with van der Waals surface area (Å²) in [6.07, 6.45) is 1.91. The number of hydrogen-bond acceptors (Lipinski definition) is 4. The van der Waals surface area contributed by atoms with Crippen LogP contribution in [0.15, 0.2) is 157 Å². The topological polar surface area (TPSA) is 51.8 Å². The van der Waals surface area contributed by atoms with Crippen molar-refractivity contribution in [2.45, 2.75) is 6.92 Å². The van der Waals surface area contributed by atoms with Gasteiger partial charge in [-0.05, 0) is 51.7 Å². The van der Waals surface area contributed by atoms with Gasteiger partial charge in [-0.3, -0.25) is 0 Å². The van der Waals surface area contributed by atoms with Gasteiger partial charge in [0.2, 0.25) is 0 Å². The number of aryl methyl sites for hydroxylation is 1. The van der Waals surface area contributed by atoms with Crippen LogP contribution in [0.2, 0.25) is 0 Å². The van der Waals surface area contributed by atoms with E-state index in [0.29, 0.717) is 17.5 Å². The third kappa shape index (κ3) is 4.77. The number of aromatic nitrogens is 3. The minimum atomic E-state index is 0.551. The van der Waals surface area contributed by atoms with Crippen molar-refractivity contribution in [2.24, 2.45) is 0 Å². The minimum Gasteiger partial charge on any atom is -0.461 e. The van der Waals surface area contributed by atoms with Gasteiger partial charge in [-0.15, -0.1) is 0 Å². The Morgan fingerprint density at radius 1 is 0.587 bits per heavy atom. The molecule has 0 saturated carbocycles. The zero-order valence-corrected chi connectivity index (χ0v) is 25.3. The van der Waals surface area contributed by atoms with Gasteiger partial charge in [-0.1, -0.05) is 140 Å². The summed E-state index contributed by atoms with van der Waals surface area (Å²) in [5.74, 6) is 2.53. The van der Waals surface area contributed by atoms with Gasteiger partial charge in [0.25, 0.3) is 0 Å². The Labute approximate surface area is 267 Å². The molecule has 46 heavy (non-hydrogen) atoms. The lowest BCUT2D eigenvalue weighted by atomic mass is 9.90. The Bertz CT molecular complexity index is 2380. The van der Waals surface area contributed by atoms with Crippen LogP contribution < -0.4 is 0 Å². The van der Waals surface area contributed by atoms with Gasteiger partial charge >= 0.3 is 0 Å². The molecule has 218 valence electrons. The number of rotatable bonds is 6. The highest BCUT2D eigenvalue weighted by Crippen LogP contribution is 2.40. The molecule has 0 amide bonds.